The molecule has 0 amide bonds. The fourth-order valence-corrected chi connectivity index (χ4v) is 2.33. The molecule has 5 nitrogen and oxygen atoms in total. The van der Waals surface area contributed by atoms with Gasteiger partial charge in [0.25, 0.3) is 0 Å². The van der Waals surface area contributed by atoms with E-state index in [1.807, 2.05) is 24.3 Å². The zero-order valence-corrected chi connectivity index (χ0v) is 12.3. The number of ether oxygens (including phenoxy) is 2. The summed E-state index contributed by atoms with van der Waals surface area (Å²) in [7, 11) is 2.97. The maximum Gasteiger partial charge on any atom is 0.356 e. The minimum Gasteiger partial charge on any atom is -0.497 e. The summed E-state index contributed by atoms with van der Waals surface area (Å²) in [6.45, 7) is 0. The number of hydrogen-bond acceptors (Lipinski definition) is 5. The van der Waals surface area contributed by atoms with Crippen LogP contribution in [0.4, 0.5) is 0 Å². The topological polar surface area (TPSA) is 61.6 Å². The van der Waals surface area contributed by atoms with Crippen molar-refractivity contribution in [3.63, 3.8) is 0 Å². The van der Waals surface area contributed by atoms with Gasteiger partial charge in [-0.25, -0.2) is 9.78 Å². The zero-order valence-electron chi connectivity index (χ0n) is 12.3. The quantitative estimate of drug-likeness (QED) is 0.692. The highest BCUT2D eigenvalue weighted by Crippen LogP contribution is 2.23. The number of methoxy groups -OCH3 is 2. The maximum atomic E-state index is 11.7. The fourth-order valence-electron chi connectivity index (χ4n) is 2.33. The van der Waals surface area contributed by atoms with E-state index in [-0.39, 0.29) is 5.69 Å². The molecule has 0 radical (unpaired) electrons. The molecule has 3 rings (SSSR count). The van der Waals surface area contributed by atoms with Gasteiger partial charge in [-0.05, 0) is 23.8 Å². The summed E-state index contributed by atoms with van der Waals surface area (Å²) in [5.74, 6) is 0.343. The Hall–Kier alpha value is -2.82. The summed E-state index contributed by atoms with van der Waals surface area (Å²) in [6.07, 6.45) is 2.19. The maximum absolute atomic E-state index is 11.7. The SMILES string of the molecule is COC(=O)c1cc(Cc2ccc(OC)cc2)c2occc2n1. The number of carbonyl (C=O) groups excluding carboxylic acids is 1. The van der Waals surface area contributed by atoms with Crippen LogP contribution in [0.3, 0.4) is 0 Å². The van der Waals surface area contributed by atoms with E-state index in [0.717, 1.165) is 16.9 Å². The molecule has 0 aliphatic carbocycles. The molecule has 0 spiro atoms. The smallest absolute Gasteiger partial charge is 0.356 e. The molecule has 22 heavy (non-hydrogen) atoms. The molecule has 0 bridgehead atoms. The van der Waals surface area contributed by atoms with Gasteiger partial charge in [0.05, 0.1) is 20.5 Å². The average molecular weight is 297 g/mol. The van der Waals surface area contributed by atoms with Crippen molar-refractivity contribution in [2.24, 2.45) is 0 Å². The number of aromatic nitrogens is 1. The normalized spacial score (nSPS) is 10.6. The molecule has 2 aromatic heterocycles. The zero-order chi connectivity index (χ0) is 15.5. The van der Waals surface area contributed by atoms with Crippen molar-refractivity contribution in [3.05, 3.63) is 59.5 Å². The lowest BCUT2D eigenvalue weighted by molar-refractivity contribution is 0.0594. The first-order valence-electron chi connectivity index (χ1n) is 6.79. The summed E-state index contributed by atoms with van der Waals surface area (Å²) in [5.41, 5.74) is 3.58. The van der Waals surface area contributed by atoms with Crippen LogP contribution in [0.15, 0.2) is 47.1 Å². The Morgan fingerprint density at radius 3 is 2.64 bits per heavy atom. The fraction of sp³-hybridized carbons (Fsp3) is 0.176. The van der Waals surface area contributed by atoms with Crippen molar-refractivity contribution in [1.82, 2.24) is 4.98 Å². The first kappa shape index (κ1) is 14.1. The summed E-state index contributed by atoms with van der Waals surface area (Å²) in [4.78, 5) is 16.0. The number of benzene rings is 1. The van der Waals surface area contributed by atoms with Crippen molar-refractivity contribution in [2.75, 3.05) is 14.2 Å². The molecular formula is C17H15NO4. The van der Waals surface area contributed by atoms with E-state index >= 15 is 0 Å². The molecule has 0 aliphatic heterocycles. The number of hydrogen-bond donors (Lipinski definition) is 0. The number of fused-ring (bicyclic) bond motifs is 1. The lowest BCUT2D eigenvalue weighted by atomic mass is 10.0. The minimum absolute atomic E-state index is 0.278. The van der Waals surface area contributed by atoms with Crippen molar-refractivity contribution < 1.29 is 18.7 Å². The van der Waals surface area contributed by atoms with Crippen LogP contribution in [0.25, 0.3) is 11.1 Å². The number of esters is 1. The van der Waals surface area contributed by atoms with E-state index in [1.165, 1.54) is 7.11 Å². The lowest BCUT2D eigenvalue weighted by Gasteiger charge is -2.06. The van der Waals surface area contributed by atoms with E-state index in [9.17, 15) is 4.79 Å². The van der Waals surface area contributed by atoms with Gasteiger partial charge in [-0.2, -0.15) is 0 Å². The van der Waals surface area contributed by atoms with Crippen molar-refractivity contribution in [3.8, 4) is 5.75 Å². The molecule has 2 heterocycles. The Labute approximate surface area is 127 Å². The average Bonchev–Trinajstić information content (AvgIpc) is 3.03. The van der Waals surface area contributed by atoms with Crippen LogP contribution in [0.1, 0.15) is 21.6 Å². The van der Waals surface area contributed by atoms with Gasteiger partial charge in [0.1, 0.15) is 17.0 Å². The van der Waals surface area contributed by atoms with E-state index in [4.69, 9.17) is 13.9 Å². The minimum atomic E-state index is -0.459. The van der Waals surface area contributed by atoms with Gasteiger partial charge < -0.3 is 13.9 Å². The number of pyridine rings is 1. The van der Waals surface area contributed by atoms with E-state index in [0.29, 0.717) is 17.5 Å². The molecular weight excluding hydrogens is 282 g/mol. The monoisotopic (exact) mass is 297 g/mol. The number of furan rings is 1. The van der Waals surface area contributed by atoms with Gasteiger partial charge in [0.2, 0.25) is 0 Å². The van der Waals surface area contributed by atoms with Crippen LogP contribution in [0.5, 0.6) is 5.75 Å². The summed E-state index contributed by atoms with van der Waals surface area (Å²) >= 11 is 0. The van der Waals surface area contributed by atoms with Gasteiger partial charge >= 0.3 is 5.97 Å². The molecule has 5 heteroatoms. The second-order valence-electron chi connectivity index (χ2n) is 4.82. The molecule has 0 aliphatic rings. The first-order chi connectivity index (χ1) is 10.7. The number of rotatable bonds is 4. The third kappa shape index (κ3) is 2.65. The highest BCUT2D eigenvalue weighted by molar-refractivity contribution is 5.91. The number of nitrogens with zero attached hydrogens (tertiary/aromatic N) is 1. The Morgan fingerprint density at radius 2 is 1.95 bits per heavy atom. The van der Waals surface area contributed by atoms with Gasteiger partial charge in [-0.15, -0.1) is 0 Å². The molecule has 0 N–H and O–H groups in total. The van der Waals surface area contributed by atoms with E-state index < -0.39 is 5.97 Å². The molecule has 0 atom stereocenters. The second-order valence-corrected chi connectivity index (χ2v) is 4.82. The Balaban J connectivity index is 2.00. The lowest BCUT2D eigenvalue weighted by Crippen LogP contribution is -2.05. The van der Waals surface area contributed by atoms with Crippen molar-refractivity contribution >= 4 is 17.1 Å². The third-order valence-electron chi connectivity index (χ3n) is 3.44. The van der Waals surface area contributed by atoms with Crippen molar-refractivity contribution in [2.45, 2.75) is 6.42 Å². The predicted molar refractivity (Wildman–Crippen MR) is 81.1 cm³/mol. The molecule has 1 aromatic carbocycles. The van der Waals surface area contributed by atoms with Crippen LogP contribution >= 0.6 is 0 Å². The van der Waals surface area contributed by atoms with Crippen LogP contribution < -0.4 is 4.74 Å². The summed E-state index contributed by atoms with van der Waals surface area (Å²) in [6, 6.07) is 11.2. The molecule has 112 valence electrons. The number of carbonyl (C=O) groups is 1. The Morgan fingerprint density at radius 1 is 1.18 bits per heavy atom. The first-order valence-corrected chi connectivity index (χ1v) is 6.79. The Bertz CT molecular complexity index is 805. The summed E-state index contributed by atoms with van der Waals surface area (Å²) < 4.78 is 15.4. The second kappa shape index (κ2) is 5.89. The Kier molecular flexibility index (Phi) is 3.78. The predicted octanol–water partition coefficient (Wildman–Crippen LogP) is 3.21. The van der Waals surface area contributed by atoms with Crippen LogP contribution in [-0.2, 0) is 11.2 Å². The van der Waals surface area contributed by atoms with Crippen molar-refractivity contribution in [1.29, 1.82) is 0 Å². The van der Waals surface area contributed by atoms with Gasteiger partial charge in [0, 0.05) is 18.1 Å². The molecule has 0 saturated heterocycles. The van der Waals surface area contributed by atoms with Gasteiger partial charge in [0.15, 0.2) is 5.58 Å². The van der Waals surface area contributed by atoms with E-state index in [1.54, 1.807) is 25.5 Å². The molecule has 0 unspecified atom stereocenters. The summed E-state index contributed by atoms with van der Waals surface area (Å²) in [5, 5.41) is 0. The largest absolute Gasteiger partial charge is 0.497 e. The van der Waals surface area contributed by atoms with Crippen LogP contribution in [-0.4, -0.2) is 25.2 Å². The highest BCUT2D eigenvalue weighted by atomic mass is 16.5. The van der Waals surface area contributed by atoms with Crippen LogP contribution in [0, 0.1) is 0 Å². The highest BCUT2D eigenvalue weighted by Gasteiger charge is 2.14. The third-order valence-corrected chi connectivity index (χ3v) is 3.44. The molecule has 3 aromatic rings. The van der Waals surface area contributed by atoms with Crippen LogP contribution in [0.2, 0.25) is 0 Å². The van der Waals surface area contributed by atoms with Gasteiger partial charge in [-0.1, -0.05) is 12.1 Å². The van der Waals surface area contributed by atoms with Gasteiger partial charge in [-0.3, -0.25) is 0 Å². The molecule has 0 fully saturated rings. The molecule has 0 saturated carbocycles. The van der Waals surface area contributed by atoms with E-state index in [2.05, 4.69) is 4.98 Å². The standard InChI is InChI=1S/C17H15NO4/c1-20-13-5-3-11(4-6-13)9-12-10-15(17(19)21-2)18-14-7-8-22-16(12)14/h3-8,10H,9H2,1-2H3.